The molecule has 0 spiro atoms. The minimum atomic E-state index is -0.634. The molecular weight excluding hydrogens is 495 g/mol. The number of hydrogen-bond donors (Lipinski definition) is 2. The van der Waals surface area contributed by atoms with Crippen LogP contribution in [0.1, 0.15) is 53.5 Å². The second-order valence-corrected chi connectivity index (χ2v) is 10.0. The third-order valence-corrected chi connectivity index (χ3v) is 7.32. The quantitative estimate of drug-likeness (QED) is 0.318. The summed E-state index contributed by atoms with van der Waals surface area (Å²) >= 11 is 0. The van der Waals surface area contributed by atoms with Crippen LogP contribution in [-0.2, 0) is 13.0 Å². The molecule has 1 aliphatic carbocycles. The predicted molar refractivity (Wildman–Crippen MR) is 142 cm³/mol. The van der Waals surface area contributed by atoms with Crippen molar-refractivity contribution in [3.63, 3.8) is 0 Å². The van der Waals surface area contributed by atoms with Crippen LogP contribution in [0.3, 0.4) is 0 Å². The van der Waals surface area contributed by atoms with E-state index in [9.17, 15) is 4.79 Å². The minimum absolute atomic E-state index is 0.0851. The lowest BCUT2D eigenvalue weighted by Gasteiger charge is -2.14. The molecule has 1 saturated carbocycles. The van der Waals surface area contributed by atoms with Gasteiger partial charge in [-0.15, -0.1) is 5.10 Å². The number of carbonyl (C=O) groups is 1. The van der Waals surface area contributed by atoms with E-state index in [0.717, 1.165) is 61.6 Å². The number of pyridine rings is 2. The third-order valence-electron chi connectivity index (χ3n) is 7.32. The van der Waals surface area contributed by atoms with Crippen LogP contribution >= 0.6 is 0 Å². The number of nitrogens with zero attached hydrogens (tertiary/aromatic N) is 6. The molecule has 9 nitrogen and oxygen atoms in total. The van der Waals surface area contributed by atoms with Gasteiger partial charge in [0.15, 0.2) is 0 Å². The summed E-state index contributed by atoms with van der Waals surface area (Å²) in [6.07, 6.45) is 12.4. The fourth-order valence-electron chi connectivity index (χ4n) is 5.13. The van der Waals surface area contributed by atoms with Crippen LogP contribution in [0, 0.1) is 5.82 Å². The molecule has 0 radical (unpaired) electrons. The highest BCUT2D eigenvalue weighted by atomic mass is 19.1. The van der Waals surface area contributed by atoms with Crippen LogP contribution < -0.4 is 9.88 Å². The van der Waals surface area contributed by atoms with Gasteiger partial charge < -0.3 is 9.88 Å². The minimum Gasteiger partial charge on any atom is -0.306 e. The number of nitrogens with one attached hydrogen (secondary N) is 2. The molecule has 1 aliphatic heterocycles. The molecule has 7 rings (SSSR count). The maximum absolute atomic E-state index is 15.5. The van der Waals surface area contributed by atoms with E-state index in [4.69, 9.17) is 0 Å². The van der Waals surface area contributed by atoms with Gasteiger partial charge in [0.25, 0.3) is 5.91 Å². The highest BCUT2D eigenvalue weighted by molar-refractivity contribution is 6.05. The second kappa shape index (κ2) is 9.54. The van der Waals surface area contributed by atoms with Crippen LogP contribution in [0.4, 0.5) is 10.2 Å². The van der Waals surface area contributed by atoms with E-state index < -0.39 is 11.7 Å². The number of aromatic amines is 1. The molecule has 2 aliphatic rings. The van der Waals surface area contributed by atoms with Gasteiger partial charge in [-0.3, -0.25) is 9.78 Å². The van der Waals surface area contributed by atoms with Crippen molar-refractivity contribution < 1.29 is 13.8 Å². The summed E-state index contributed by atoms with van der Waals surface area (Å²) in [5.41, 5.74) is 3.57. The summed E-state index contributed by atoms with van der Waals surface area (Å²) in [5.74, 6) is 1.36. The van der Waals surface area contributed by atoms with Crippen LogP contribution in [0.5, 0.6) is 0 Å². The van der Waals surface area contributed by atoms with Gasteiger partial charge in [0.05, 0.1) is 29.8 Å². The molecule has 0 unspecified atom stereocenters. The molecule has 0 saturated heterocycles. The van der Waals surface area contributed by atoms with E-state index in [1.165, 1.54) is 6.07 Å². The monoisotopic (exact) mass is 521 g/mol. The average molecular weight is 522 g/mol. The van der Waals surface area contributed by atoms with Crippen molar-refractivity contribution in [1.82, 2.24) is 29.7 Å². The van der Waals surface area contributed by atoms with Crippen molar-refractivity contribution >= 4 is 11.7 Å². The summed E-state index contributed by atoms with van der Waals surface area (Å²) in [4.78, 5) is 26.7. The molecule has 1 amide bonds. The third kappa shape index (κ3) is 4.47. The number of benzene rings is 1. The highest BCUT2D eigenvalue weighted by Crippen LogP contribution is 2.39. The zero-order chi connectivity index (χ0) is 26.3. The second-order valence-electron chi connectivity index (χ2n) is 10.0. The molecule has 5 heterocycles. The first-order chi connectivity index (χ1) is 19.1. The first-order valence-corrected chi connectivity index (χ1v) is 13.2. The number of imidazole rings is 1. The largest absolute Gasteiger partial charge is 0.327 e. The number of H-pyrrole nitrogens is 1. The maximum atomic E-state index is 15.5. The Labute approximate surface area is 223 Å². The van der Waals surface area contributed by atoms with Crippen LogP contribution in [0.15, 0.2) is 67.4 Å². The zero-order valence-corrected chi connectivity index (χ0v) is 21.1. The number of aryl methyl sites for hydroxylation is 1. The lowest BCUT2D eigenvalue weighted by molar-refractivity contribution is -0.699. The van der Waals surface area contributed by atoms with Gasteiger partial charge >= 0.3 is 5.82 Å². The molecular formula is C29H26FN8O+. The Morgan fingerprint density at radius 2 is 2.08 bits per heavy atom. The van der Waals surface area contributed by atoms with Crippen LogP contribution in [0.2, 0.25) is 0 Å². The van der Waals surface area contributed by atoms with E-state index >= 15 is 4.39 Å². The number of amides is 1. The topological polar surface area (TPSA) is 105 Å². The van der Waals surface area contributed by atoms with Crippen molar-refractivity contribution in [1.29, 1.82) is 0 Å². The Balaban J connectivity index is 1.23. The Bertz CT molecular complexity index is 1690. The number of aromatic nitrogens is 7. The summed E-state index contributed by atoms with van der Waals surface area (Å²) in [7, 11) is 0. The number of fused-ring (bicyclic) bond motifs is 1. The van der Waals surface area contributed by atoms with Gasteiger partial charge in [0, 0.05) is 47.2 Å². The number of anilines is 1. The van der Waals surface area contributed by atoms with E-state index in [1.807, 2.05) is 22.9 Å². The molecule has 0 atom stereocenters. The average Bonchev–Trinajstić information content (AvgIpc) is 3.54. The van der Waals surface area contributed by atoms with Crippen molar-refractivity contribution in [2.75, 3.05) is 5.32 Å². The molecule has 10 heteroatoms. The zero-order valence-electron chi connectivity index (χ0n) is 21.1. The molecule has 1 fully saturated rings. The SMILES string of the molecule is O=C(Nc1cccc(-c2n[nH]c3[n+]2CCCC3)n1)c1cc(-n2cnc(C3CC3)c2)c(-c2cccnc2)cc1F. The lowest BCUT2D eigenvalue weighted by atomic mass is 10.0. The standard InChI is InChI=1S/C29H25FN8O/c30-22-13-20(19-5-4-11-31-15-19)25(37-16-24(32-17-37)18-9-10-18)14-21(22)29(39)34-26-7-3-6-23(33-26)28-36-35-27-8-1-2-12-38(27)28/h3-7,11,13-18H,1-2,8-10,12H2,(H,33,34,39)/p+1. The summed E-state index contributed by atoms with van der Waals surface area (Å²) in [6, 6.07) is 12.0. The highest BCUT2D eigenvalue weighted by Gasteiger charge is 2.27. The predicted octanol–water partition coefficient (Wildman–Crippen LogP) is 4.61. The summed E-state index contributed by atoms with van der Waals surface area (Å²) in [6.45, 7) is 0.868. The van der Waals surface area contributed by atoms with E-state index in [2.05, 4.69) is 35.0 Å². The van der Waals surface area contributed by atoms with Crippen molar-refractivity contribution in [3.05, 3.63) is 90.3 Å². The Morgan fingerprint density at radius 1 is 1.15 bits per heavy atom. The maximum Gasteiger partial charge on any atom is 0.327 e. The summed E-state index contributed by atoms with van der Waals surface area (Å²) < 4.78 is 19.5. The lowest BCUT2D eigenvalue weighted by Crippen LogP contribution is -2.41. The summed E-state index contributed by atoms with van der Waals surface area (Å²) in [5, 5.41) is 10.3. The fraction of sp³-hybridized carbons (Fsp3) is 0.241. The van der Waals surface area contributed by atoms with E-state index in [1.54, 1.807) is 43.0 Å². The number of hydrogen-bond acceptors (Lipinski definition) is 5. The Kier molecular flexibility index (Phi) is 5.72. The van der Waals surface area contributed by atoms with Crippen molar-refractivity contribution in [3.8, 4) is 28.3 Å². The first kappa shape index (κ1) is 23.4. The smallest absolute Gasteiger partial charge is 0.306 e. The van der Waals surface area contributed by atoms with Gasteiger partial charge in [-0.25, -0.2) is 18.9 Å². The van der Waals surface area contributed by atoms with Gasteiger partial charge in [-0.1, -0.05) is 12.1 Å². The molecule has 5 aromatic rings. The van der Waals surface area contributed by atoms with Gasteiger partial charge in [-0.05, 0) is 56.0 Å². The van der Waals surface area contributed by atoms with E-state index in [-0.39, 0.29) is 5.56 Å². The van der Waals surface area contributed by atoms with E-state index in [0.29, 0.717) is 28.7 Å². The molecule has 2 N–H and O–H groups in total. The van der Waals surface area contributed by atoms with Gasteiger partial charge in [0.2, 0.25) is 5.82 Å². The number of rotatable bonds is 6. The van der Waals surface area contributed by atoms with Crippen molar-refractivity contribution in [2.45, 2.75) is 44.6 Å². The fourth-order valence-corrected chi connectivity index (χ4v) is 5.13. The van der Waals surface area contributed by atoms with Gasteiger partial charge in [-0.2, -0.15) is 0 Å². The molecule has 194 valence electrons. The Morgan fingerprint density at radius 3 is 2.92 bits per heavy atom. The Hall–Kier alpha value is -4.73. The molecule has 39 heavy (non-hydrogen) atoms. The molecule has 1 aromatic carbocycles. The van der Waals surface area contributed by atoms with Crippen molar-refractivity contribution in [2.24, 2.45) is 0 Å². The number of halogens is 1. The normalized spacial score (nSPS) is 14.7. The number of carbonyl (C=O) groups excluding carboxylic acids is 1. The van der Waals surface area contributed by atoms with Crippen LogP contribution in [0.25, 0.3) is 28.3 Å². The van der Waals surface area contributed by atoms with Gasteiger partial charge in [0.1, 0.15) is 17.3 Å². The first-order valence-electron chi connectivity index (χ1n) is 13.2. The molecule has 4 aromatic heterocycles. The van der Waals surface area contributed by atoms with Crippen LogP contribution in [-0.4, -0.2) is 35.6 Å². The molecule has 0 bridgehead atoms.